The molecule has 19 heavy (non-hydrogen) atoms. The van der Waals surface area contributed by atoms with Crippen molar-refractivity contribution >= 4 is 9.84 Å². The van der Waals surface area contributed by atoms with E-state index in [1.807, 2.05) is 31.2 Å². The molecule has 2 aromatic carbocycles. The predicted molar refractivity (Wildman–Crippen MR) is 73.9 cm³/mol. The molecule has 0 unspecified atom stereocenters. The number of sulfone groups is 1. The van der Waals surface area contributed by atoms with E-state index in [2.05, 4.69) is 0 Å². The molecular weight excluding hydrogens is 263 g/mol. The van der Waals surface area contributed by atoms with Crippen LogP contribution >= 0.6 is 0 Å². The van der Waals surface area contributed by atoms with Crippen molar-refractivity contribution in [1.82, 2.24) is 0 Å². The second-order valence-corrected chi connectivity index (χ2v) is 6.65. The Hall–Kier alpha value is -1.68. The monoisotopic (exact) mass is 278 g/mol. The van der Waals surface area contributed by atoms with E-state index in [0.717, 1.165) is 11.1 Å². The summed E-state index contributed by atoms with van der Waals surface area (Å²) in [6.07, 6.45) is 0. The molecule has 2 aromatic rings. The topological polar surface area (TPSA) is 34.1 Å². The number of halogens is 1. The van der Waals surface area contributed by atoms with Crippen molar-refractivity contribution in [1.29, 1.82) is 0 Å². The van der Waals surface area contributed by atoms with Crippen LogP contribution in [0.3, 0.4) is 0 Å². The molecule has 0 aromatic heterocycles. The lowest BCUT2D eigenvalue weighted by Gasteiger charge is -2.07. The molecule has 2 rings (SSSR count). The molecule has 0 atom stereocenters. The zero-order valence-corrected chi connectivity index (χ0v) is 11.5. The fourth-order valence-corrected chi connectivity index (χ4v) is 3.49. The first-order valence-electron chi connectivity index (χ1n) is 5.96. The molecule has 4 heteroatoms. The summed E-state index contributed by atoms with van der Waals surface area (Å²) in [6.45, 7) is 1.89. The molecule has 0 spiro atoms. The molecule has 0 N–H and O–H groups in total. The molecule has 0 aliphatic heterocycles. The third-order valence-corrected chi connectivity index (χ3v) is 4.46. The van der Waals surface area contributed by atoms with Gasteiger partial charge in [-0.25, -0.2) is 12.8 Å². The van der Waals surface area contributed by atoms with Crippen LogP contribution in [0.5, 0.6) is 0 Å². The highest BCUT2D eigenvalue weighted by Crippen LogP contribution is 2.15. The van der Waals surface area contributed by atoms with E-state index in [0.29, 0.717) is 5.56 Å². The zero-order valence-electron chi connectivity index (χ0n) is 10.6. The molecule has 2 nitrogen and oxygen atoms in total. The first kappa shape index (κ1) is 13.7. The van der Waals surface area contributed by atoms with Gasteiger partial charge in [-0.3, -0.25) is 0 Å². The standard InChI is InChI=1S/C15H15FO2S/c1-12-4-2-3-5-14(12)11-19(17,18)10-13-6-8-15(16)9-7-13/h2-9H,10-11H2,1H3. The lowest BCUT2D eigenvalue weighted by molar-refractivity contribution is 0.594. The van der Waals surface area contributed by atoms with Gasteiger partial charge in [0.1, 0.15) is 5.82 Å². The van der Waals surface area contributed by atoms with Gasteiger partial charge in [-0.1, -0.05) is 36.4 Å². The van der Waals surface area contributed by atoms with Crippen LogP contribution < -0.4 is 0 Å². The van der Waals surface area contributed by atoms with E-state index in [1.165, 1.54) is 24.3 Å². The maximum atomic E-state index is 12.8. The Balaban J connectivity index is 2.15. The normalized spacial score (nSPS) is 11.5. The molecule has 0 aliphatic carbocycles. The first-order chi connectivity index (χ1) is 8.96. The molecule has 0 radical (unpaired) electrons. The fraction of sp³-hybridized carbons (Fsp3) is 0.200. The van der Waals surface area contributed by atoms with E-state index in [-0.39, 0.29) is 17.3 Å². The third-order valence-electron chi connectivity index (χ3n) is 2.94. The van der Waals surface area contributed by atoms with E-state index in [9.17, 15) is 12.8 Å². The van der Waals surface area contributed by atoms with Crippen molar-refractivity contribution in [3.05, 3.63) is 71.0 Å². The van der Waals surface area contributed by atoms with Crippen LogP contribution in [0.2, 0.25) is 0 Å². The number of rotatable bonds is 4. The average Bonchev–Trinajstić information content (AvgIpc) is 2.35. The van der Waals surface area contributed by atoms with Crippen molar-refractivity contribution in [3.8, 4) is 0 Å². The maximum Gasteiger partial charge on any atom is 0.158 e. The Bertz CT molecular complexity index is 661. The van der Waals surface area contributed by atoms with Gasteiger partial charge in [0.25, 0.3) is 0 Å². The lowest BCUT2D eigenvalue weighted by atomic mass is 10.1. The van der Waals surface area contributed by atoms with E-state index < -0.39 is 9.84 Å². The number of benzene rings is 2. The molecule has 100 valence electrons. The molecule has 0 heterocycles. The van der Waals surface area contributed by atoms with Crippen molar-refractivity contribution in [3.63, 3.8) is 0 Å². The van der Waals surface area contributed by atoms with Crippen LogP contribution in [-0.2, 0) is 21.3 Å². The van der Waals surface area contributed by atoms with Crippen LogP contribution in [0.1, 0.15) is 16.7 Å². The lowest BCUT2D eigenvalue weighted by Crippen LogP contribution is -2.08. The van der Waals surface area contributed by atoms with Crippen molar-refractivity contribution in [2.75, 3.05) is 0 Å². The largest absolute Gasteiger partial charge is 0.228 e. The highest BCUT2D eigenvalue weighted by Gasteiger charge is 2.14. The van der Waals surface area contributed by atoms with E-state index in [4.69, 9.17) is 0 Å². The van der Waals surface area contributed by atoms with Crippen molar-refractivity contribution in [2.45, 2.75) is 18.4 Å². The summed E-state index contributed by atoms with van der Waals surface area (Å²) in [5, 5.41) is 0. The van der Waals surface area contributed by atoms with Gasteiger partial charge in [0.2, 0.25) is 0 Å². The van der Waals surface area contributed by atoms with Crippen LogP contribution in [0, 0.1) is 12.7 Å². The fourth-order valence-electron chi connectivity index (χ4n) is 1.89. The zero-order chi connectivity index (χ0) is 13.9. The van der Waals surface area contributed by atoms with Gasteiger partial charge < -0.3 is 0 Å². The third kappa shape index (κ3) is 3.89. The van der Waals surface area contributed by atoms with Crippen LogP contribution in [0.4, 0.5) is 4.39 Å². The Morgan fingerprint density at radius 3 is 2.21 bits per heavy atom. The summed E-state index contributed by atoms with van der Waals surface area (Å²) in [7, 11) is -3.25. The minimum absolute atomic E-state index is 0.0110. The Kier molecular flexibility index (Phi) is 4.00. The van der Waals surface area contributed by atoms with Crippen LogP contribution in [-0.4, -0.2) is 8.42 Å². The number of hydrogen-bond acceptors (Lipinski definition) is 2. The molecule has 0 fully saturated rings. The summed E-state index contributed by atoms with van der Waals surface area (Å²) in [6, 6.07) is 13.0. The smallest absolute Gasteiger partial charge is 0.158 e. The van der Waals surface area contributed by atoms with E-state index in [1.54, 1.807) is 0 Å². The van der Waals surface area contributed by atoms with Gasteiger partial charge in [-0.05, 0) is 35.7 Å². The van der Waals surface area contributed by atoms with Crippen LogP contribution in [0.15, 0.2) is 48.5 Å². The minimum atomic E-state index is -3.25. The van der Waals surface area contributed by atoms with Crippen molar-refractivity contribution in [2.24, 2.45) is 0 Å². The van der Waals surface area contributed by atoms with Gasteiger partial charge in [0.05, 0.1) is 11.5 Å². The van der Waals surface area contributed by atoms with Gasteiger partial charge >= 0.3 is 0 Å². The summed E-state index contributed by atoms with van der Waals surface area (Å²) in [4.78, 5) is 0. The summed E-state index contributed by atoms with van der Waals surface area (Å²) in [5.41, 5.74) is 2.38. The number of aryl methyl sites for hydroxylation is 1. The van der Waals surface area contributed by atoms with Gasteiger partial charge in [-0.15, -0.1) is 0 Å². The highest BCUT2D eigenvalue weighted by atomic mass is 32.2. The molecule has 0 aliphatic rings. The average molecular weight is 278 g/mol. The summed E-state index contributed by atoms with van der Waals surface area (Å²) in [5.74, 6) is -0.418. The second kappa shape index (κ2) is 5.53. The molecule has 0 amide bonds. The molecule has 0 saturated carbocycles. The maximum absolute atomic E-state index is 12.8. The minimum Gasteiger partial charge on any atom is -0.228 e. The number of hydrogen-bond donors (Lipinski definition) is 0. The SMILES string of the molecule is Cc1ccccc1CS(=O)(=O)Cc1ccc(F)cc1. The Labute approximate surface area is 112 Å². The quantitative estimate of drug-likeness (QED) is 0.860. The van der Waals surface area contributed by atoms with E-state index >= 15 is 0 Å². The van der Waals surface area contributed by atoms with Gasteiger partial charge in [-0.2, -0.15) is 0 Å². The van der Waals surface area contributed by atoms with Crippen molar-refractivity contribution < 1.29 is 12.8 Å². The highest BCUT2D eigenvalue weighted by molar-refractivity contribution is 7.89. The van der Waals surface area contributed by atoms with Gasteiger partial charge in [0.15, 0.2) is 9.84 Å². The summed E-state index contributed by atoms with van der Waals surface area (Å²) >= 11 is 0. The molecule has 0 bridgehead atoms. The molecule has 0 saturated heterocycles. The Morgan fingerprint density at radius 1 is 0.947 bits per heavy atom. The molecular formula is C15H15FO2S. The van der Waals surface area contributed by atoms with Gasteiger partial charge in [0, 0.05) is 0 Å². The first-order valence-corrected chi connectivity index (χ1v) is 7.78. The Morgan fingerprint density at radius 2 is 1.58 bits per heavy atom. The predicted octanol–water partition coefficient (Wildman–Crippen LogP) is 3.25. The second-order valence-electron chi connectivity index (χ2n) is 4.59. The van der Waals surface area contributed by atoms with Crippen LogP contribution in [0.25, 0.3) is 0 Å². The summed E-state index contributed by atoms with van der Waals surface area (Å²) < 4.78 is 37.0.